The summed E-state index contributed by atoms with van der Waals surface area (Å²) in [4.78, 5) is -0.290. The molecule has 0 amide bonds. The van der Waals surface area contributed by atoms with Crippen molar-refractivity contribution in [1.82, 2.24) is 4.72 Å². The third-order valence-electron chi connectivity index (χ3n) is 2.92. The molecule has 1 aromatic carbocycles. The van der Waals surface area contributed by atoms with Gasteiger partial charge in [-0.3, -0.25) is 0 Å². The van der Waals surface area contributed by atoms with E-state index < -0.39 is 21.7 Å². The first-order chi connectivity index (χ1) is 8.70. The van der Waals surface area contributed by atoms with Crippen molar-refractivity contribution in [2.75, 3.05) is 0 Å². The molecule has 19 heavy (non-hydrogen) atoms. The molecule has 8 heteroatoms. The summed E-state index contributed by atoms with van der Waals surface area (Å²) in [5.41, 5.74) is -2.10. The van der Waals surface area contributed by atoms with E-state index in [1.165, 1.54) is 12.1 Å². The minimum atomic E-state index is -4.60. The Bertz CT molecular complexity index is 625. The third-order valence-corrected chi connectivity index (χ3v) is 4.47. The molecule has 1 aliphatic carbocycles. The Morgan fingerprint density at radius 3 is 2.11 bits per heavy atom. The fourth-order valence-corrected chi connectivity index (χ4v) is 3.04. The van der Waals surface area contributed by atoms with E-state index in [-0.39, 0.29) is 23.3 Å². The van der Waals surface area contributed by atoms with E-state index in [0.29, 0.717) is 0 Å². The van der Waals surface area contributed by atoms with Crippen molar-refractivity contribution in [2.45, 2.75) is 29.5 Å². The van der Waals surface area contributed by atoms with Gasteiger partial charge in [-0.05, 0) is 37.1 Å². The predicted molar refractivity (Wildman–Crippen MR) is 59.5 cm³/mol. The molecule has 0 aromatic heterocycles. The number of benzene rings is 1. The van der Waals surface area contributed by atoms with Crippen LogP contribution in [0.2, 0.25) is 0 Å². The Balaban J connectivity index is 2.27. The highest BCUT2D eigenvalue weighted by Crippen LogP contribution is 2.49. The van der Waals surface area contributed by atoms with Crippen molar-refractivity contribution >= 4 is 10.0 Å². The van der Waals surface area contributed by atoms with E-state index in [4.69, 9.17) is 5.26 Å². The van der Waals surface area contributed by atoms with Gasteiger partial charge in [0.05, 0.1) is 16.5 Å². The summed E-state index contributed by atoms with van der Waals surface area (Å²) in [6, 6.07) is 6.48. The summed E-state index contributed by atoms with van der Waals surface area (Å²) in [5.74, 6) is 0. The van der Waals surface area contributed by atoms with Crippen molar-refractivity contribution in [1.29, 1.82) is 5.26 Å². The number of alkyl halides is 3. The Hall–Kier alpha value is -1.59. The minimum absolute atomic E-state index is 0.232. The van der Waals surface area contributed by atoms with Crippen LogP contribution in [-0.2, 0) is 10.0 Å². The van der Waals surface area contributed by atoms with Crippen LogP contribution in [-0.4, -0.2) is 20.1 Å². The van der Waals surface area contributed by atoms with Crippen LogP contribution in [0.4, 0.5) is 13.2 Å². The van der Waals surface area contributed by atoms with Gasteiger partial charge >= 0.3 is 6.18 Å². The zero-order valence-corrected chi connectivity index (χ0v) is 10.3. The van der Waals surface area contributed by atoms with Crippen LogP contribution < -0.4 is 4.72 Å². The van der Waals surface area contributed by atoms with Gasteiger partial charge in [-0.1, -0.05) is 0 Å². The van der Waals surface area contributed by atoms with Crippen molar-refractivity contribution in [3.05, 3.63) is 29.8 Å². The second-order valence-corrected chi connectivity index (χ2v) is 6.00. The summed E-state index contributed by atoms with van der Waals surface area (Å²) >= 11 is 0. The Labute approximate surface area is 107 Å². The van der Waals surface area contributed by atoms with Gasteiger partial charge in [-0.15, -0.1) is 0 Å². The lowest BCUT2D eigenvalue weighted by atomic mass is 10.2. The van der Waals surface area contributed by atoms with Crippen molar-refractivity contribution in [3.63, 3.8) is 0 Å². The summed E-state index contributed by atoms with van der Waals surface area (Å²) < 4.78 is 63.5. The van der Waals surface area contributed by atoms with Crippen LogP contribution in [0.25, 0.3) is 0 Å². The van der Waals surface area contributed by atoms with Gasteiger partial charge in [0.2, 0.25) is 10.0 Å². The molecule has 0 heterocycles. The largest absolute Gasteiger partial charge is 0.407 e. The Morgan fingerprint density at radius 2 is 1.74 bits per heavy atom. The number of halogens is 3. The van der Waals surface area contributed by atoms with Crippen molar-refractivity contribution < 1.29 is 21.6 Å². The number of hydrogen-bond donors (Lipinski definition) is 1. The Morgan fingerprint density at radius 1 is 1.21 bits per heavy atom. The molecule has 0 aliphatic heterocycles. The van der Waals surface area contributed by atoms with E-state index in [1.807, 2.05) is 0 Å². The molecule has 0 spiro atoms. The van der Waals surface area contributed by atoms with Gasteiger partial charge in [-0.25, -0.2) is 8.42 Å². The maximum Gasteiger partial charge on any atom is 0.407 e. The molecule has 1 fully saturated rings. The van der Waals surface area contributed by atoms with Crippen LogP contribution in [0.3, 0.4) is 0 Å². The maximum absolute atomic E-state index is 12.7. The first kappa shape index (κ1) is 13.8. The number of nitriles is 1. The zero-order valence-electron chi connectivity index (χ0n) is 9.53. The SMILES string of the molecule is N#Cc1ccc(S(=O)(=O)NC2(C(F)(F)F)CC2)cc1. The Kier molecular flexibility index (Phi) is 3.07. The lowest BCUT2D eigenvalue weighted by molar-refractivity contribution is -0.160. The third kappa shape index (κ3) is 2.57. The molecule has 0 atom stereocenters. The highest BCUT2D eigenvalue weighted by molar-refractivity contribution is 7.89. The molecule has 102 valence electrons. The molecule has 1 N–H and O–H groups in total. The van der Waals surface area contributed by atoms with E-state index >= 15 is 0 Å². The van der Waals surface area contributed by atoms with E-state index in [1.54, 1.807) is 10.8 Å². The summed E-state index contributed by atoms with van der Waals surface area (Å²) in [6.45, 7) is 0. The smallest absolute Gasteiger partial charge is 0.207 e. The summed E-state index contributed by atoms with van der Waals surface area (Å²) in [7, 11) is -4.24. The fraction of sp³-hybridized carbons (Fsp3) is 0.364. The summed E-state index contributed by atoms with van der Waals surface area (Å²) in [5, 5.41) is 8.57. The lowest BCUT2D eigenvalue weighted by Crippen LogP contribution is -2.47. The first-order valence-corrected chi connectivity index (χ1v) is 6.79. The van der Waals surface area contributed by atoms with Gasteiger partial charge in [0.15, 0.2) is 0 Å². The van der Waals surface area contributed by atoms with E-state index in [9.17, 15) is 21.6 Å². The van der Waals surface area contributed by atoms with Crippen LogP contribution in [0.5, 0.6) is 0 Å². The zero-order chi connectivity index (χ0) is 14.3. The van der Waals surface area contributed by atoms with Gasteiger partial charge in [0.25, 0.3) is 0 Å². The second kappa shape index (κ2) is 4.21. The van der Waals surface area contributed by atoms with Crippen LogP contribution in [0, 0.1) is 11.3 Å². The molecule has 0 bridgehead atoms. The fourth-order valence-electron chi connectivity index (χ4n) is 1.59. The lowest BCUT2D eigenvalue weighted by Gasteiger charge is -2.20. The normalized spacial score (nSPS) is 17.8. The average Bonchev–Trinajstić information content (AvgIpc) is 3.09. The molecule has 1 aromatic rings. The molecule has 0 radical (unpaired) electrons. The van der Waals surface area contributed by atoms with Gasteiger partial charge in [-0.2, -0.15) is 23.2 Å². The molecule has 2 rings (SSSR count). The minimum Gasteiger partial charge on any atom is -0.207 e. The molecule has 0 unspecified atom stereocenters. The molecule has 4 nitrogen and oxygen atoms in total. The predicted octanol–water partition coefficient (Wildman–Crippen LogP) is 1.93. The summed E-state index contributed by atoms with van der Waals surface area (Å²) in [6.07, 6.45) is -5.12. The van der Waals surface area contributed by atoms with Crippen molar-refractivity contribution in [3.8, 4) is 6.07 Å². The van der Waals surface area contributed by atoms with Gasteiger partial charge in [0, 0.05) is 0 Å². The number of sulfonamides is 1. The van der Waals surface area contributed by atoms with Gasteiger partial charge < -0.3 is 0 Å². The molecular formula is C11H9F3N2O2S. The van der Waals surface area contributed by atoms with Crippen LogP contribution in [0.15, 0.2) is 29.2 Å². The molecule has 0 saturated heterocycles. The standard InChI is InChI=1S/C11H9F3N2O2S/c12-11(13,14)10(5-6-10)16-19(17,18)9-3-1-8(7-15)2-4-9/h1-4,16H,5-6H2. The number of rotatable bonds is 3. The van der Waals surface area contributed by atoms with Gasteiger partial charge in [0.1, 0.15) is 5.54 Å². The number of nitrogens with zero attached hydrogens (tertiary/aromatic N) is 1. The second-order valence-electron chi connectivity index (χ2n) is 4.32. The first-order valence-electron chi connectivity index (χ1n) is 5.31. The van der Waals surface area contributed by atoms with E-state index in [0.717, 1.165) is 12.1 Å². The highest BCUT2D eigenvalue weighted by atomic mass is 32.2. The average molecular weight is 290 g/mol. The van der Waals surface area contributed by atoms with Crippen LogP contribution in [0.1, 0.15) is 18.4 Å². The highest BCUT2D eigenvalue weighted by Gasteiger charge is 2.65. The van der Waals surface area contributed by atoms with Crippen LogP contribution >= 0.6 is 0 Å². The molecule has 1 saturated carbocycles. The van der Waals surface area contributed by atoms with E-state index in [2.05, 4.69) is 0 Å². The number of hydrogen-bond acceptors (Lipinski definition) is 3. The number of nitrogens with one attached hydrogen (secondary N) is 1. The quantitative estimate of drug-likeness (QED) is 0.924. The molecular weight excluding hydrogens is 281 g/mol. The monoisotopic (exact) mass is 290 g/mol. The maximum atomic E-state index is 12.7. The molecule has 1 aliphatic rings. The topological polar surface area (TPSA) is 70.0 Å². The van der Waals surface area contributed by atoms with Crippen molar-refractivity contribution in [2.24, 2.45) is 0 Å².